The normalized spacial score (nSPS) is 16.2. The van der Waals surface area contributed by atoms with Gasteiger partial charge in [0.1, 0.15) is 6.04 Å². The van der Waals surface area contributed by atoms with Crippen molar-refractivity contribution in [1.82, 2.24) is 4.90 Å². The molecule has 25 heavy (non-hydrogen) atoms. The summed E-state index contributed by atoms with van der Waals surface area (Å²) in [5.41, 5.74) is 2.15. The molecule has 0 bridgehead atoms. The van der Waals surface area contributed by atoms with E-state index in [0.29, 0.717) is 18.0 Å². The zero-order valence-electron chi connectivity index (χ0n) is 13.8. The Hall–Kier alpha value is -1.98. The van der Waals surface area contributed by atoms with Gasteiger partial charge in [-0.1, -0.05) is 48.0 Å². The Morgan fingerprint density at radius 1 is 1.16 bits per heavy atom. The van der Waals surface area contributed by atoms with Crippen LogP contribution in [0.15, 0.2) is 53.4 Å². The van der Waals surface area contributed by atoms with Crippen molar-refractivity contribution >= 4 is 35.2 Å². The number of nitrogens with zero attached hydrogens (tertiary/aromatic N) is 1. The van der Waals surface area contributed by atoms with Gasteiger partial charge in [-0.2, -0.15) is 0 Å². The van der Waals surface area contributed by atoms with Crippen LogP contribution in [0, 0.1) is 0 Å². The first-order chi connectivity index (χ1) is 12.1. The molecular weight excluding hydrogens is 358 g/mol. The molecule has 2 aromatic rings. The van der Waals surface area contributed by atoms with Gasteiger partial charge in [-0.05, 0) is 23.3 Å². The molecule has 1 amide bonds. The zero-order valence-corrected chi connectivity index (χ0v) is 15.3. The van der Waals surface area contributed by atoms with E-state index >= 15 is 0 Å². The van der Waals surface area contributed by atoms with Crippen molar-refractivity contribution in [2.45, 2.75) is 23.9 Å². The minimum absolute atomic E-state index is 0.102. The molecule has 0 saturated heterocycles. The number of hydrogen-bond donors (Lipinski definition) is 0. The SMILES string of the molecule is COC(=O)[C@H]1Cc2ccccc2CN1C(=O)CSc1ccccc1Cl. The Morgan fingerprint density at radius 3 is 2.56 bits per heavy atom. The average Bonchev–Trinajstić information content (AvgIpc) is 2.65. The molecule has 0 radical (unpaired) electrons. The Morgan fingerprint density at radius 2 is 1.84 bits per heavy atom. The van der Waals surface area contributed by atoms with E-state index < -0.39 is 6.04 Å². The number of hydrogen-bond acceptors (Lipinski definition) is 4. The summed E-state index contributed by atoms with van der Waals surface area (Å²) in [7, 11) is 1.35. The molecule has 0 N–H and O–H groups in total. The number of ether oxygens (including phenoxy) is 1. The van der Waals surface area contributed by atoms with Crippen molar-refractivity contribution in [2.75, 3.05) is 12.9 Å². The summed E-state index contributed by atoms with van der Waals surface area (Å²) >= 11 is 7.52. The topological polar surface area (TPSA) is 46.6 Å². The molecule has 0 unspecified atom stereocenters. The van der Waals surface area contributed by atoms with Crippen molar-refractivity contribution in [2.24, 2.45) is 0 Å². The van der Waals surface area contributed by atoms with Gasteiger partial charge in [-0.25, -0.2) is 4.79 Å². The fraction of sp³-hybridized carbons (Fsp3) is 0.263. The molecule has 2 aromatic carbocycles. The third kappa shape index (κ3) is 3.99. The van der Waals surface area contributed by atoms with E-state index in [0.717, 1.165) is 16.0 Å². The minimum atomic E-state index is -0.584. The molecule has 3 rings (SSSR count). The quantitative estimate of drug-likeness (QED) is 0.605. The zero-order chi connectivity index (χ0) is 17.8. The lowest BCUT2D eigenvalue weighted by Gasteiger charge is -2.35. The maximum Gasteiger partial charge on any atom is 0.328 e. The number of methoxy groups -OCH3 is 1. The van der Waals surface area contributed by atoms with Crippen molar-refractivity contribution < 1.29 is 14.3 Å². The number of halogens is 1. The maximum atomic E-state index is 12.8. The van der Waals surface area contributed by atoms with E-state index in [1.165, 1.54) is 18.9 Å². The summed E-state index contributed by atoms with van der Waals surface area (Å²) < 4.78 is 4.91. The van der Waals surface area contributed by atoms with Crippen molar-refractivity contribution in [3.05, 3.63) is 64.7 Å². The molecule has 0 fully saturated rings. The van der Waals surface area contributed by atoms with Crippen LogP contribution in [0.3, 0.4) is 0 Å². The van der Waals surface area contributed by atoms with Crippen molar-refractivity contribution in [1.29, 1.82) is 0 Å². The molecular formula is C19H18ClNO3S. The molecule has 1 heterocycles. The summed E-state index contributed by atoms with van der Waals surface area (Å²) in [6, 6.07) is 14.7. The van der Waals surface area contributed by atoms with Gasteiger partial charge in [0.05, 0.1) is 17.9 Å². The van der Waals surface area contributed by atoms with E-state index in [1.807, 2.05) is 42.5 Å². The highest BCUT2D eigenvalue weighted by Gasteiger charge is 2.35. The van der Waals surface area contributed by atoms with Gasteiger partial charge in [0.25, 0.3) is 0 Å². The lowest BCUT2D eigenvalue weighted by atomic mass is 9.94. The standard InChI is InChI=1S/C19H18ClNO3S/c1-24-19(23)16-10-13-6-2-3-7-14(13)11-21(16)18(22)12-25-17-9-5-4-8-15(17)20/h2-9,16H,10-12H2,1H3/t16-/m1/s1. The highest BCUT2D eigenvalue weighted by molar-refractivity contribution is 8.00. The Bertz CT molecular complexity index is 796. The minimum Gasteiger partial charge on any atom is -0.467 e. The number of rotatable bonds is 4. The maximum absolute atomic E-state index is 12.8. The van der Waals surface area contributed by atoms with Crippen LogP contribution in [-0.4, -0.2) is 35.7 Å². The number of fused-ring (bicyclic) bond motifs is 1. The van der Waals surface area contributed by atoms with Gasteiger partial charge in [0.15, 0.2) is 0 Å². The van der Waals surface area contributed by atoms with Crippen LogP contribution >= 0.6 is 23.4 Å². The van der Waals surface area contributed by atoms with Crippen LogP contribution in [0.5, 0.6) is 0 Å². The lowest BCUT2D eigenvalue weighted by molar-refractivity contribution is -0.153. The average molecular weight is 376 g/mol. The van der Waals surface area contributed by atoms with Gasteiger partial charge < -0.3 is 9.64 Å². The van der Waals surface area contributed by atoms with E-state index in [-0.39, 0.29) is 17.6 Å². The second-order valence-corrected chi connectivity index (χ2v) is 7.18. The summed E-state index contributed by atoms with van der Waals surface area (Å²) in [6.07, 6.45) is 0.478. The van der Waals surface area contributed by atoms with Crippen molar-refractivity contribution in [3.8, 4) is 0 Å². The van der Waals surface area contributed by atoms with Gasteiger partial charge in [0.2, 0.25) is 5.91 Å². The molecule has 0 saturated carbocycles. The third-order valence-electron chi connectivity index (χ3n) is 4.23. The number of benzene rings is 2. The number of carbonyl (C=O) groups is 2. The van der Waals surface area contributed by atoms with E-state index in [9.17, 15) is 9.59 Å². The highest BCUT2D eigenvalue weighted by Crippen LogP contribution is 2.29. The fourth-order valence-corrected chi connectivity index (χ4v) is 4.04. The van der Waals surface area contributed by atoms with Crippen LogP contribution in [0.1, 0.15) is 11.1 Å². The molecule has 6 heteroatoms. The first-order valence-corrected chi connectivity index (χ1v) is 9.28. The van der Waals surface area contributed by atoms with Gasteiger partial charge >= 0.3 is 5.97 Å². The molecule has 1 aliphatic heterocycles. The first kappa shape index (κ1) is 17.8. The molecule has 130 valence electrons. The van der Waals surface area contributed by atoms with Gasteiger partial charge in [0, 0.05) is 17.9 Å². The predicted octanol–water partition coefficient (Wildman–Crippen LogP) is 3.56. The number of esters is 1. The van der Waals surface area contributed by atoms with Crippen LogP contribution in [0.2, 0.25) is 5.02 Å². The lowest BCUT2D eigenvalue weighted by Crippen LogP contribution is -2.49. The summed E-state index contributed by atoms with van der Waals surface area (Å²) in [5, 5.41) is 0.619. The first-order valence-electron chi connectivity index (χ1n) is 7.91. The number of amides is 1. The Kier molecular flexibility index (Phi) is 5.66. The molecule has 0 spiro atoms. The molecule has 4 nitrogen and oxygen atoms in total. The molecule has 0 aliphatic carbocycles. The van der Waals surface area contributed by atoms with E-state index in [4.69, 9.17) is 16.3 Å². The summed E-state index contributed by atoms with van der Waals surface area (Å²) in [5.74, 6) is -0.264. The number of carbonyl (C=O) groups excluding carboxylic acids is 2. The Balaban J connectivity index is 1.77. The van der Waals surface area contributed by atoms with E-state index in [2.05, 4.69) is 0 Å². The summed E-state index contributed by atoms with van der Waals surface area (Å²) in [6.45, 7) is 0.415. The van der Waals surface area contributed by atoms with E-state index in [1.54, 1.807) is 11.0 Å². The monoisotopic (exact) mass is 375 g/mol. The van der Waals surface area contributed by atoms with Crippen molar-refractivity contribution in [3.63, 3.8) is 0 Å². The molecule has 0 aromatic heterocycles. The van der Waals surface area contributed by atoms with Crippen LogP contribution < -0.4 is 0 Å². The van der Waals surface area contributed by atoms with Gasteiger partial charge in [-0.15, -0.1) is 11.8 Å². The van der Waals surface area contributed by atoms with Crippen LogP contribution in [-0.2, 0) is 27.3 Å². The molecule has 1 aliphatic rings. The number of thioether (sulfide) groups is 1. The largest absolute Gasteiger partial charge is 0.467 e. The predicted molar refractivity (Wildman–Crippen MR) is 98.7 cm³/mol. The third-order valence-corrected chi connectivity index (χ3v) is 5.73. The van der Waals surface area contributed by atoms with Crippen LogP contribution in [0.4, 0.5) is 0 Å². The molecule has 1 atom stereocenters. The smallest absolute Gasteiger partial charge is 0.328 e. The fourth-order valence-electron chi connectivity index (χ4n) is 2.92. The van der Waals surface area contributed by atoms with Crippen LogP contribution in [0.25, 0.3) is 0 Å². The highest BCUT2D eigenvalue weighted by atomic mass is 35.5. The second kappa shape index (κ2) is 7.93. The Labute approximate surface area is 156 Å². The van der Waals surface area contributed by atoms with Gasteiger partial charge in [-0.3, -0.25) is 4.79 Å². The second-order valence-electron chi connectivity index (χ2n) is 5.75. The summed E-state index contributed by atoms with van der Waals surface area (Å²) in [4.78, 5) is 27.4.